The molecule has 1 aliphatic rings. The SMILES string of the molecule is CSC1(C(C)=O)C=NC(C)=N1. The van der Waals surface area contributed by atoms with Crippen LogP contribution < -0.4 is 0 Å². The maximum Gasteiger partial charge on any atom is 0.200 e. The van der Waals surface area contributed by atoms with Gasteiger partial charge in [-0.1, -0.05) is 0 Å². The Morgan fingerprint density at radius 3 is 2.55 bits per heavy atom. The Kier molecular flexibility index (Phi) is 2.13. The molecule has 0 aromatic carbocycles. The molecule has 0 aromatic rings. The predicted molar refractivity (Wildman–Crippen MR) is 48.5 cm³/mol. The van der Waals surface area contributed by atoms with E-state index in [4.69, 9.17) is 0 Å². The number of thioether (sulfide) groups is 1. The van der Waals surface area contributed by atoms with Crippen LogP contribution in [0.5, 0.6) is 0 Å². The molecule has 0 amide bonds. The highest BCUT2D eigenvalue weighted by Crippen LogP contribution is 2.27. The topological polar surface area (TPSA) is 41.8 Å². The van der Waals surface area contributed by atoms with E-state index in [1.54, 1.807) is 13.1 Å². The van der Waals surface area contributed by atoms with E-state index in [1.165, 1.54) is 18.7 Å². The van der Waals surface area contributed by atoms with Crippen LogP contribution in [0.4, 0.5) is 0 Å². The molecule has 1 heterocycles. The molecule has 3 nitrogen and oxygen atoms in total. The van der Waals surface area contributed by atoms with Crippen LogP contribution in [0.2, 0.25) is 0 Å². The molecular formula is C7H10N2OS. The number of hydrogen-bond acceptors (Lipinski definition) is 4. The highest BCUT2D eigenvalue weighted by Gasteiger charge is 2.35. The maximum atomic E-state index is 11.1. The number of nitrogens with zero attached hydrogens (tertiary/aromatic N) is 2. The van der Waals surface area contributed by atoms with Gasteiger partial charge in [0.05, 0.1) is 6.21 Å². The zero-order chi connectivity index (χ0) is 8.48. The second-order valence-electron chi connectivity index (χ2n) is 2.37. The molecule has 1 atom stereocenters. The second-order valence-corrected chi connectivity index (χ2v) is 3.40. The molecule has 0 saturated carbocycles. The summed E-state index contributed by atoms with van der Waals surface area (Å²) in [6.07, 6.45) is 3.46. The third-order valence-electron chi connectivity index (χ3n) is 1.57. The lowest BCUT2D eigenvalue weighted by atomic mass is 10.2. The second kappa shape index (κ2) is 2.77. The fourth-order valence-electron chi connectivity index (χ4n) is 0.891. The summed E-state index contributed by atoms with van der Waals surface area (Å²) in [5.74, 6) is 0.708. The summed E-state index contributed by atoms with van der Waals surface area (Å²) >= 11 is 1.41. The summed E-state index contributed by atoms with van der Waals surface area (Å²) in [5, 5.41) is 0. The largest absolute Gasteiger partial charge is 0.296 e. The molecule has 4 heteroatoms. The van der Waals surface area contributed by atoms with Crippen LogP contribution in [0.3, 0.4) is 0 Å². The molecule has 1 rings (SSSR count). The van der Waals surface area contributed by atoms with Crippen molar-refractivity contribution in [1.29, 1.82) is 0 Å². The van der Waals surface area contributed by atoms with Gasteiger partial charge < -0.3 is 0 Å². The zero-order valence-electron chi connectivity index (χ0n) is 6.79. The number of rotatable bonds is 2. The number of carbonyl (C=O) groups excluding carboxylic acids is 1. The Hall–Kier alpha value is -0.640. The number of aliphatic imine (C=N–C) groups is 2. The van der Waals surface area contributed by atoms with E-state index in [0.29, 0.717) is 5.84 Å². The molecule has 0 N–H and O–H groups in total. The van der Waals surface area contributed by atoms with Gasteiger partial charge in [0.1, 0.15) is 5.84 Å². The Bertz CT molecular complexity index is 247. The standard InChI is InChI=1S/C7H10N2OS/c1-5(10)7(11-3)4-8-6(2)9-7/h4H,1-3H3. The van der Waals surface area contributed by atoms with Gasteiger partial charge in [0.15, 0.2) is 5.78 Å². The van der Waals surface area contributed by atoms with Crippen molar-refractivity contribution in [1.82, 2.24) is 0 Å². The Morgan fingerprint density at radius 2 is 2.36 bits per heavy atom. The highest BCUT2D eigenvalue weighted by molar-refractivity contribution is 8.01. The predicted octanol–water partition coefficient (Wildman–Crippen LogP) is 1.14. The van der Waals surface area contributed by atoms with Gasteiger partial charge >= 0.3 is 0 Å². The molecule has 0 aliphatic carbocycles. The van der Waals surface area contributed by atoms with Crippen LogP contribution in [0, 0.1) is 0 Å². The van der Waals surface area contributed by atoms with Crippen molar-refractivity contribution in [3.8, 4) is 0 Å². The molecule has 0 fully saturated rings. The third kappa shape index (κ3) is 1.35. The zero-order valence-corrected chi connectivity index (χ0v) is 7.60. The van der Waals surface area contributed by atoms with Gasteiger partial charge in [0, 0.05) is 0 Å². The first-order valence-electron chi connectivity index (χ1n) is 3.28. The van der Waals surface area contributed by atoms with Gasteiger partial charge in [-0.05, 0) is 20.1 Å². The van der Waals surface area contributed by atoms with Crippen LogP contribution >= 0.6 is 11.8 Å². The molecule has 11 heavy (non-hydrogen) atoms. The lowest BCUT2D eigenvalue weighted by Gasteiger charge is -2.15. The number of Topliss-reactive ketones (excluding diaryl/α,β-unsaturated/α-hetero) is 1. The van der Waals surface area contributed by atoms with Gasteiger partial charge in [-0.25, -0.2) is 9.98 Å². The fourth-order valence-corrected chi connectivity index (χ4v) is 1.56. The van der Waals surface area contributed by atoms with Crippen LogP contribution in [0.15, 0.2) is 9.98 Å². The first-order chi connectivity index (χ1) is 5.10. The first kappa shape index (κ1) is 8.46. The molecule has 1 unspecified atom stereocenters. The lowest BCUT2D eigenvalue weighted by Crippen LogP contribution is -2.30. The fraction of sp³-hybridized carbons (Fsp3) is 0.571. The highest BCUT2D eigenvalue weighted by atomic mass is 32.2. The number of carbonyl (C=O) groups is 1. The minimum absolute atomic E-state index is 0.0330. The van der Waals surface area contributed by atoms with Crippen molar-refractivity contribution in [2.24, 2.45) is 9.98 Å². The van der Waals surface area contributed by atoms with Crippen molar-refractivity contribution >= 4 is 29.6 Å². The van der Waals surface area contributed by atoms with Gasteiger partial charge in [0.2, 0.25) is 4.87 Å². The molecule has 0 bridgehead atoms. The Morgan fingerprint density at radius 1 is 1.73 bits per heavy atom. The quantitative estimate of drug-likeness (QED) is 0.623. The summed E-state index contributed by atoms with van der Waals surface area (Å²) in [4.78, 5) is 18.5. The summed E-state index contributed by atoms with van der Waals surface area (Å²) in [7, 11) is 0. The normalized spacial score (nSPS) is 28.8. The summed E-state index contributed by atoms with van der Waals surface area (Å²) < 4.78 is 0. The van der Waals surface area contributed by atoms with E-state index in [1.807, 2.05) is 6.26 Å². The van der Waals surface area contributed by atoms with E-state index in [2.05, 4.69) is 9.98 Å². The van der Waals surface area contributed by atoms with Crippen molar-refractivity contribution in [2.45, 2.75) is 18.7 Å². The third-order valence-corrected chi connectivity index (χ3v) is 2.68. The summed E-state index contributed by atoms with van der Waals surface area (Å²) in [6, 6.07) is 0. The van der Waals surface area contributed by atoms with Crippen LogP contribution in [0.1, 0.15) is 13.8 Å². The van der Waals surface area contributed by atoms with Gasteiger partial charge in [-0.2, -0.15) is 0 Å². The maximum absolute atomic E-state index is 11.1. The van der Waals surface area contributed by atoms with Crippen LogP contribution in [0.25, 0.3) is 0 Å². The number of ketones is 1. The smallest absolute Gasteiger partial charge is 0.200 e. The molecule has 1 aliphatic heterocycles. The van der Waals surface area contributed by atoms with Crippen molar-refractivity contribution in [3.63, 3.8) is 0 Å². The molecule has 0 aromatic heterocycles. The molecule has 0 spiro atoms. The minimum Gasteiger partial charge on any atom is -0.296 e. The summed E-state index contributed by atoms with van der Waals surface area (Å²) in [6.45, 7) is 3.32. The van der Waals surface area contributed by atoms with E-state index < -0.39 is 4.87 Å². The lowest BCUT2D eigenvalue weighted by molar-refractivity contribution is -0.117. The number of amidine groups is 1. The van der Waals surface area contributed by atoms with E-state index in [9.17, 15) is 4.79 Å². The van der Waals surface area contributed by atoms with Crippen LogP contribution in [-0.4, -0.2) is 29.0 Å². The molecule has 60 valence electrons. The Labute approximate surface area is 70.0 Å². The Balaban J connectivity index is 2.98. The average molecular weight is 170 g/mol. The van der Waals surface area contributed by atoms with Crippen molar-refractivity contribution < 1.29 is 4.79 Å². The van der Waals surface area contributed by atoms with E-state index >= 15 is 0 Å². The van der Waals surface area contributed by atoms with E-state index in [0.717, 1.165) is 0 Å². The van der Waals surface area contributed by atoms with Gasteiger partial charge in [-0.3, -0.25) is 4.79 Å². The average Bonchev–Trinajstić information content (AvgIpc) is 2.33. The summed E-state index contributed by atoms with van der Waals surface area (Å²) in [5.41, 5.74) is 0. The van der Waals surface area contributed by atoms with Crippen LogP contribution in [-0.2, 0) is 4.79 Å². The molecular weight excluding hydrogens is 160 g/mol. The van der Waals surface area contributed by atoms with E-state index in [-0.39, 0.29) is 5.78 Å². The molecule has 0 radical (unpaired) electrons. The van der Waals surface area contributed by atoms with Crippen molar-refractivity contribution in [2.75, 3.05) is 6.26 Å². The van der Waals surface area contributed by atoms with Gasteiger partial charge in [0.25, 0.3) is 0 Å². The van der Waals surface area contributed by atoms with Gasteiger partial charge in [-0.15, -0.1) is 11.8 Å². The molecule has 0 saturated heterocycles. The first-order valence-corrected chi connectivity index (χ1v) is 4.51. The monoisotopic (exact) mass is 170 g/mol. The number of hydrogen-bond donors (Lipinski definition) is 0. The minimum atomic E-state index is -0.718. The van der Waals surface area contributed by atoms with Crippen molar-refractivity contribution in [3.05, 3.63) is 0 Å².